The Hall–Kier alpha value is 0.0969. The predicted molar refractivity (Wildman–Crippen MR) is 92.5 cm³/mol. The third kappa shape index (κ3) is 9.66. The molecule has 1 unspecified atom stereocenters. The van der Waals surface area contributed by atoms with E-state index in [2.05, 4.69) is 55.4 Å². The van der Waals surface area contributed by atoms with Crippen LogP contribution in [0.5, 0.6) is 0 Å². The predicted octanol–water partition coefficient (Wildman–Crippen LogP) is 5.42. The van der Waals surface area contributed by atoms with Crippen molar-refractivity contribution in [3.05, 3.63) is 0 Å². The smallest absolute Gasteiger partial charge is 0.371 e. The highest BCUT2D eigenvalue weighted by Crippen LogP contribution is 2.30. The first-order valence-electron chi connectivity index (χ1n) is 8.78. The molecule has 4 heteroatoms. The van der Waals surface area contributed by atoms with Gasteiger partial charge in [-0.3, -0.25) is 0 Å². The third-order valence-corrected chi connectivity index (χ3v) is 6.90. The van der Waals surface area contributed by atoms with Crippen molar-refractivity contribution in [2.45, 2.75) is 105 Å². The summed E-state index contributed by atoms with van der Waals surface area (Å²) < 4.78 is 18.8. The molecule has 0 aromatic carbocycles. The van der Waals surface area contributed by atoms with E-state index in [0.29, 0.717) is 5.92 Å². The van der Waals surface area contributed by atoms with Gasteiger partial charge in [0.25, 0.3) is 0 Å². The molecule has 0 N–H and O–H groups in total. The fourth-order valence-corrected chi connectivity index (χ4v) is 6.41. The molecule has 3 nitrogen and oxygen atoms in total. The van der Waals surface area contributed by atoms with Crippen molar-refractivity contribution in [1.29, 1.82) is 0 Å². The highest BCUT2D eigenvalue weighted by Gasteiger charge is 2.45. The van der Waals surface area contributed by atoms with Crippen molar-refractivity contribution in [3.63, 3.8) is 0 Å². The molecule has 0 saturated heterocycles. The lowest BCUT2D eigenvalue weighted by Crippen LogP contribution is -2.51. The summed E-state index contributed by atoms with van der Waals surface area (Å²) in [5.41, 5.74) is 0. The van der Waals surface area contributed by atoms with Crippen molar-refractivity contribution >= 4 is 8.80 Å². The van der Waals surface area contributed by atoms with Crippen LogP contribution in [0.4, 0.5) is 0 Å². The van der Waals surface area contributed by atoms with Gasteiger partial charge in [0.2, 0.25) is 0 Å². The monoisotopic (exact) mass is 318 g/mol. The maximum absolute atomic E-state index is 6.27. The van der Waals surface area contributed by atoms with Gasteiger partial charge >= 0.3 is 8.80 Å². The van der Waals surface area contributed by atoms with Gasteiger partial charge in [-0.15, -0.1) is 0 Å². The molecule has 0 amide bonds. The van der Waals surface area contributed by atoms with Gasteiger partial charge in [-0.1, -0.05) is 39.5 Å². The van der Waals surface area contributed by atoms with Crippen LogP contribution in [0, 0.1) is 5.92 Å². The van der Waals surface area contributed by atoms with Gasteiger partial charge in [0.1, 0.15) is 0 Å². The number of rotatable bonds is 12. The molecule has 0 rings (SSSR count). The lowest BCUT2D eigenvalue weighted by Gasteiger charge is -2.36. The molecule has 0 aliphatic carbocycles. The summed E-state index contributed by atoms with van der Waals surface area (Å²) in [5.74, 6) is 0.632. The normalized spacial score (nSPS) is 14.4. The Kier molecular flexibility index (Phi) is 10.8. The van der Waals surface area contributed by atoms with Gasteiger partial charge in [-0.25, -0.2) is 0 Å². The summed E-state index contributed by atoms with van der Waals surface area (Å²) in [6, 6.07) is 0.942. The number of unbranched alkanes of at least 4 members (excludes halogenated alkanes) is 1. The zero-order valence-corrected chi connectivity index (χ0v) is 16.6. The van der Waals surface area contributed by atoms with Crippen molar-refractivity contribution in [3.8, 4) is 0 Å². The third-order valence-electron chi connectivity index (χ3n) is 3.33. The van der Waals surface area contributed by atoms with Crippen LogP contribution in [0.15, 0.2) is 0 Å². The van der Waals surface area contributed by atoms with Crippen LogP contribution in [0.2, 0.25) is 6.04 Å². The van der Waals surface area contributed by atoms with Crippen LogP contribution in [-0.4, -0.2) is 27.1 Å². The summed E-state index contributed by atoms with van der Waals surface area (Å²) in [6.45, 7) is 16.9. The van der Waals surface area contributed by atoms with E-state index in [1.54, 1.807) is 0 Å². The summed E-state index contributed by atoms with van der Waals surface area (Å²) in [7, 11) is -2.62. The van der Waals surface area contributed by atoms with Gasteiger partial charge in [-0.05, 0) is 47.5 Å². The minimum Gasteiger partial charge on any atom is -0.371 e. The molecule has 0 aromatic rings. The molecule has 0 aromatic heterocycles. The Morgan fingerprint density at radius 2 is 1.19 bits per heavy atom. The molecule has 128 valence electrons. The van der Waals surface area contributed by atoms with E-state index in [-0.39, 0.29) is 18.3 Å². The van der Waals surface area contributed by atoms with Crippen LogP contribution in [0.1, 0.15) is 81.1 Å². The number of hydrogen-bond donors (Lipinski definition) is 0. The minimum atomic E-state index is -2.62. The van der Waals surface area contributed by atoms with E-state index in [1.165, 1.54) is 25.7 Å². The second kappa shape index (κ2) is 10.8. The average molecular weight is 319 g/mol. The quantitative estimate of drug-likeness (QED) is 0.450. The molecule has 0 saturated carbocycles. The molecule has 0 aliphatic heterocycles. The Morgan fingerprint density at radius 1 is 0.762 bits per heavy atom. The Bertz CT molecular complexity index is 228. The van der Waals surface area contributed by atoms with Gasteiger partial charge in [0.05, 0.1) is 0 Å². The van der Waals surface area contributed by atoms with E-state index < -0.39 is 8.80 Å². The minimum absolute atomic E-state index is 0.137. The van der Waals surface area contributed by atoms with Crippen molar-refractivity contribution < 1.29 is 13.3 Å². The zero-order chi connectivity index (χ0) is 16.5. The van der Waals surface area contributed by atoms with Crippen molar-refractivity contribution in [2.24, 2.45) is 5.92 Å². The van der Waals surface area contributed by atoms with Crippen LogP contribution in [-0.2, 0) is 13.3 Å². The first-order valence-corrected chi connectivity index (χ1v) is 10.7. The average Bonchev–Trinajstić information content (AvgIpc) is 2.31. The second-order valence-corrected chi connectivity index (χ2v) is 9.28. The SMILES string of the molecule is CCCCC(CC)C[Si](OC(C)C)(OC(C)C)OC(C)C. The Labute approximate surface area is 134 Å². The first kappa shape index (κ1) is 21.1. The lowest BCUT2D eigenvalue weighted by atomic mass is 10.0. The zero-order valence-electron chi connectivity index (χ0n) is 15.6. The fraction of sp³-hybridized carbons (Fsp3) is 1.00. The molecule has 0 bridgehead atoms. The molecule has 0 fully saturated rings. The maximum atomic E-state index is 6.27. The lowest BCUT2D eigenvalue weighted by molar-refractivity contribution is -0.000213. The van der Waals surface area contributed by atoms with Gasteiger partial charge in [0.15, 0.2) is 0 Å². The van der Waals surface area contributed by atoms with E-state index in [9.17, 15) is 0 Å². The Balaban J connectivity index is 5.09. The summed E-state index contributed by atoms with van der Waals surface area (Å²) in [5, 5.41) is 0. The van der Waals surface area contributed by atoms with Crippen molar-refractivity contribution in [1.82, 2.24) is 0 Å². The standard InChI is InChI=1S/C17H38O3Si/c1-9-11-12-17(10-2)13-21(18-14(3)4,19-15(5)6)20-16(7)8/h14-17H,9-13H2,1-8H3. The van der Waals surface area contributed by atoms with Gasteiger partial charge in [0, 0.05) is 24.4 Å². The molecule has 0 spiro atoms. The van der Waals surface area contributed by atoms with E-state index >= 15 is 0 Å². The van der Waals surface area contributed by atoms with Gasteiger partial charge < -0.3 is 13.3 Å². The fourth-order valence-electron chi connectivity index (χ4n) is 2.60. The van der Waals surface area contributed by atoms with Crippen LogP contribution in [0.3, 0.4) is 0 Å². The molecule has 0 aliphatic rings. The Morgan fingerprint density at radius 3 is 1.48 bits per heavy atom. The largest absolute Gasteiger partial charge is 0.501 e. The molecule has 0 radical (unpaired) electrons. The van der Waals surface area contributed by atoms with Gasteiger partial charge in [-0.2, -0.15) is 0 Å². The molecular weight excluding hydrogens is 280 g/mol. The van der Waals surface area contributed by atoms with Crippen LogP contribution >= 0.6 is 0 Å². The molecule has 21 heavy (non-hydrogen) atoms. The van der Waals surface area contributed by atoms with E-state index in [4.69, 9.17) is 13.3 Å². The maximum Gasteiger partial charge on any atom is 0.501 e. The molecule has 0 heterocycles. The van der Waals surface area contributed by atoms with Crippen LogP contribution in [0.25, 0.3) is 0 Å². The summed E-state index contributed by atoms with van der Waals surface area (Å²) in [4.78, 5) is 0. The van der Waals surface area contributed by atoms with E-state index in [0.717, 1.165) is 6.04 Å². The second-order valence-electron chi connectivity index (χ2n) is 6.80. The summed E-state index contributed by atoms with van der Waals surface area (Å²) >= 11 is 0. The highest BCUT2D eigenvalue weighted by molar-refractivity contribution is 6.61. The molecule has 1 atom stereocenters. The first-order chi connectivity index (χ1) is 9.74. The summed E-state index contributed by atoms with van der Waals surface area (Å²) in [6.07, 6.45) is 5.33. The van der Waals surface area contributed by atoms with E-state index in [1.807, 2.05) is 0 Å². The topological polar surface area (TPSA) is 27.7 Å². The number of hydrogen-bond acceptors (Lipinski definition) is 3. The molecular formula is C17H38O3Si. The highest BCUT2D eigenvalue weighted by atomic mass is 28.4. The van der Waals surface area contributed by atoms with Crippen LogP contribution < -0.4 is 0 Å². The van der Waals surface area contributed by atoms with Crippen molar-refractivity contribution in [2.75, 3.05) is 0 Å².